The van der Waals surface area contributed by atoms with E-state index in [0.29, 0.717) is 0 Å². The zero-order valence-corrected chi connectivity index (χ0v) is 19.9. The van der Waals surface area contributed by atoms with E-state index in [4.69, 9.17) is 14.5 Å². The molecule has 0 N–H and O–H groups in total. The average molecular weight is 426 g/mol. The van der Waals surface area contributed by atoms with Crippen LogP contribution in [0, 0.1) is 0 Å². The second-order valence-corrected chi connectivity index (χ2v) is 8.38. The van der Waals surface area contributed by atoms with E-state index in [1.165, 1.54) is 63.4 Å². The highest BCUT2D eigenvalue weighted by Crippen LogP contribution is 2.28. The van der Waals surface area contributed by atoms with E-state index in [2.05, 4.69) is 37.3 Å². The molecule has 0 fully saturated rings. The van der Waals surface area contributed by atoms with Crippen LogP contribution in [0.2, 0.25) is 0 Å². The van der Waals surface area contributed by atoms with Gasteiger partial charge in [0, 0.05) is 25.0 Å². The molecule has 0 unspecified atom stereocenters. The molecule has 0 aliphatic rings. The van der Waals surface area contributed by atoms with Gasteiger partial charge in [-0.1, -0.05) is 82.9 Å². The SMILES string of the molecule is CCCCCCCCCCCCOc1ccccc1-c1ccc(CCCOCC)cn1. The average Bonchev–Trinajstić information content (AvgIpc) is 2.81. The summed E-state index contributed by atoms with van der Waals surface area (Å²) in [5.74, 6) is 0.940. The molecule has 0 radical (unpaired) electrons. The third kappa shape index (κ3) is 10.8. The van der Waals surface area contributed by atoms with Gasteiger partial charge in [-0.3, -0.25) is 4.98 Å². The molecule has 3 nitrogen and oxygen atoms in total. The highest BCUT2D eigenvalue weighted by molar-refractivity contribution is 5.67. The Morgan fingerprint density at radius 1 is 0.710 bits per heavy atom. The van der Waals surface area contributed by atoms with E-state index in [1.54, 1.807) is 0 Å². The lowest BCUT2D eigenvalue weighted by atomic mass is 10.1. The van der Waals surface area contributed by atoms with Crippen molar-refractivity contribution in [2.24, 2.45) is 0 Å². The summed E-state index contributed by atoms with van der Waals surface area (Å²) in [4.78, 5) is 4.69. The summed E-state index contributed by atoms with van der Waals surface area (Å²) in [5, 5.41) is 0. The van der Waals surface area contributed by atoms with Crippen molar-refractivity contribution in [1.82, 2.24) is 4.98 Å². The fraction of sp³-hybridized carbons (Fsp3) is 0.607. The van der Waals surface area contributed by atoms with Crippen molar-refractivity contribution in [3.05, 3.63) is 48.2 Å². The highest BCUT2D eigenvalue weighted by Gasteiger charge is 2.07. The van der Waals surface area contributed by atoms with Crippen molar-refractivity contribution in [1.29, 1.82) is 0 Å². The van der Waals surface area contributed by atoms with Gasteiger partial charge in [-0.2, -0.15) is 0 Å². The van der Waals surface area contributed by atoms with Gasteiger partial charge in [0.05, 0.1) is 12.3 Å². The van der Waals surface area contributed by atoms with E-state index >= 15 is 0 Å². The molecule has 2 rings (SSSR count). The Morgan fingerprint density at radius 2 is 1.42 bits per heavy atom. The Bertz CT molecular complexity index is 684. The van der Waals surface area contributed by atoms with Gasteiger partial charge in [0.2, 0.25) is 0 Å². The molecule has 0 bridgehead atoms. The molecule has 0 saturated carbocycles. The number of pyridine rings is 1. The van der Waals surface area contributed by atoms with Crippen molar-refractivity contribution in [2.45, 2.75) is 90.9 Å². The molecular weight excluding hydrogens is 382 g/mol. The maximum atomic E-state index is 6.13. The molecule has 0 amide bonds. The number of para-hydroxylation sites is 1. The molecule has 1 aromatic carbocycles. The van der Waals surface area contributed by atoms with Crippen molar-refractivity contribution < 1.29 is 9.47 Å². The zero-order chi connectivity index (χ0) is 22.0. The summed E-state index contributed by atoms with van der Waals surface area (Å²) in [6, 6.07) is 12.5. The Morgan fingerprint density at radius 3 is 2.10 bits per heavy atom. The summed E-state index contributed by atoms with van der Waals surface area (Å²) >= 11 is 0. The zero-order valence-electron chi connectivity index (χ0n) is 19.9. The second-order valence-electron chi connectivity index (χ2n) is 8.38. The summed E-state index contributed by atoms with van der Waals surface area (Å²) in [5.41, 5.74) is 3.31. The second kappa shape index (κ2) is 16.8. The van der Waals surface area contributed by atoms with E-state index in [9.17, 15) is 0 Å². The van der Waals surface area contributed by atoms with Crippen LogP contribution < -0.4 is 4.74 Å². The molecule has 1 heterocycles. The third-order valence-electron chi connectivity index (χ3n) is 5.70. The summed E-state index contributed by atoms with van der Waals surface area (Å²) in [6.45, 7) is 6.69. The van der Waals surface area contributed by atoms with Crippen LogP contribution in [0.4, 0.5) is 0 Å². The van der Waals surface area contributed by atoms with Gasteiger partial charge in [0.25, 0.3) is 0 Å². The fourth-order valence-electron chi connectivity index (χ4n) is 3.83. The predicted octanol–water partition coefficient (Wildman–Crippen LogP) is 8.02. The minimum atomic E-state index is 0.781. The largest absolute Gasteiger partial charge is 0.493 e. The molecule has 2 aromatic rings. The number of hydrogen-bond acceptors (Lipinski definition) is 3. The number of hydrogen-bond donors (Lipinski definition) is 0. The van der Waals surface area contributed by atoms with Crippen molar-refractivity contribution in [3.63, 3.8) is 0 Å². The Labute approximate surface area is 190 Å². The number of ether oxygens (including phenoxy) is 2. The quantitative estimate of drug-likeness (QED) is 0.227. The van der Waals surface area contributed by atoms with Crippen LogP contribution in [0.5, 0.6) is 5.75 Å². The molecule has 0 saturated heterocycles. The van der Waals surface area contributed by atoms with E-state index in [1.807, 2.05) is 19.2 Å². The van der Waals surface area contributed by atoms with E-state index < -0.39 is 0 Å². The van der Waals surface area contributed by atoms with Crippen LogP contribution in [-0.2, 0) is 11.2 Å². The van der Waals surface area contributed by atoms with E-state index in [0.717, 1.165) is 56.1 Å². The van der Waals surface area contributed by atoms with Crippen LogP contribution in [0.3, 0.4) is 0 Å². The van der Waals surface area contributed by atoms with Gasteiger partial charge in [0.15, 0.2) is 0 Å². The molecule has 172 valence electrons. The minimum absolute atomic E-state index is 0.781. The van der Waals surface area contributed by atoms with Crippen LogP contribution in [-0.4, -0.2) is 24.8 Å². The first-order valence-electron chi connectivity index (χ1n) is 12.6. The van der Waals surface area contributed by atoms with Gasteiger partial charge in [-0.15, -0.1) is 0 Å². The normalized spacial score (nSPS) is 11.0. The number of nitrogens with zero attached hydrogens (tertiary/aromatic N) is 1. The monoisotopic (exact) mass is 425 g/mol. The fourth-order valence-corrected chi connectivity index (χ4v) is 3.83. The lowest BCUT2D eigenvalue weighted by Gasteiger charge is -2.11. The topological polar surface area (TPSA) is 31.4 Å². The van der Waals surface area contributed by atoms with Gasteiger partial charge in [-0.05, 0) is 49.9 Å². The van der Waals surface area contributed by atoms with Crippen molar-refractivity contribution in [3.8, 4) is 17.0 Å². The molecule has 1 aromatic heterocycles. The summed E-state index contributed by atoms with van der Waals surface area (Å²) < 4.78 is 11.5. The van der Waals surface area contributed by atoms with E-state index in [-0.39, 0.29) is 0 Å². The first-order chi connectivity index (χ1) is 15.3. The molecule has 0 aliphatic carbocycles. The third-order valence-corrected chi connectivity index (χ3v) is 5.70. The molecular formula is C28H43NO2. The molecule has 0 atom stereocenters. The van der Waals surface area contributed by atoms with Crippen LogP contribution in [0.15, 0.2) is 42.6 Å². The van der Waals surface area contributed by atoms with Gasteiger partial charge >= 0.3 is 0 Å². The Kier molecular flexibility index (Phi) is 13.7. The van der Waals surface area contributed by atoms with Gasteiger partial charge in [-0.25, -0.2) is 0 Å². The molecule has 0 aliphatic heterocycles. The van der Waals surface area contributed by atoms with Gasteiger partial charge in [0.1, 0.15) is 5.75 Å². The number of aromatic nitrogens is 1. The lowest BCUT2D eigenvalue weighted by molar-refractivity contribution is 0.145. The summed E-state index contributed by atoms with van der Waals surface area (Å²) in [7, 11) is 0. The highest BCUT2D eigenvalue weighted by atomic mass is 16.5. The van der Waals surface area contributed by atoms with Crippen LogP contribution >= 0.6 is 0 Å². The number of aryl methyl sites for hydroxylation is 1. The number of benzene rings is 1. The number of unbranched alkanes of at least 4 members (excludes halogenated alkanes) is 9. The lowest BCUT2D eigenvalue weighted by Crippen LogP contribution is -2.00. The predicted molar refractivity (Wildman–Crippen MR) is 132 cm³/mol. The van der Waals surface area contributed by atoms with Crippen LogP contribution in [0.25, 0.3) is 11.3 Å². The minimum Gasteiger partial charge on any atom is -0.493 e. The molecule has 0 spiro atoms. The van der Waals surface area contributed by atoms with Crippen LogP contribution in [0.1, 0.15) is 90.0 Å². The Hall–Kier alpha value is -1.87. The van der Waals surface area contributed by atoms with Crippen molar-refractivity contribution >= 4 is 0 Å². The maximum absolute atomic E-state index is 6.13. The summed E-state index contributed by atoms with van der Waals surface area (Å²) in [6.07, 6.45) is 17.4. The van der Waals surface area contributed by atoms with Gasteiger partial charge < -0.3 is 9.47 Å². The first kappa shape index (κ1) is 25.4. The van der Waals surface area contributed by atoms with Crippen molar-refractivity contribution in [2.75, 3.05) is 19.8 Å². The maximum Gasteiger partial charge on any atom is 0.128 e. The Balaban J connectivity index is 1.68. The molecule has 3 heteroatoms. The smallest absolute Gasteiger partial charge is 0.128 e. The standard InChI is InChI=1S/C28H43NO2/c1-3-5-6-7-8-9-10-11-12-15-23-31-28-19-14-13-18-26(28)27-21-20-25(24-29-27)17-16-22-30-4-2/h13-14,18-21,24H,3-12,15-17,22-23H2,1-2H3. The molecule has 31 heavy (non-hydrogen) atoms. The first-order valence-corrected chi connectivity index (χ1v) is 12.6. The number of rotatable bonds is 18.